The fourth-order valence-corrected chi connectivity index (χ4v) is 1.36. The van der Waals surface area contributed by atoms with Crippen molar-refractivity contribution in [3.05, 3.63) is 12.4 Å². The number of anilines is 1. The van der Waals surface area contributed by atoms with E-state index in [9.17, 15) is 4.79 Å². The predicted octanol–water partition coefficient (Wildman–Crippen LogP) is 1.11. The fourth-order valence-electron chi connectivity index (χ4n) is 1.36. The molecule has 1 rings (SSSR count). The first-order valence-electron chi connectivity index (χ1n) is 4.79. The molecule has 0 aliphatic rings. The van der Waals surface area contributed by atoms with E-state index >= 15 is 0 Å². The molecule has 1 heterocycles. The number of hydrogen-bond acceptors (Lipinski definition) is 3. The van der Waals surface area contributed by atoms with Gasteiger partial charge in [0.25, 0.3) is 0 Å². The van der Waals surface area contributed by atoms with Gasteiger partial charge in [0.1, 0.15) is 6.54 Å². The van der Waals surface area contributed by atoms with Crippen LogP contribution in [-0.2, 0) is 11.8 Å². The standard InChI is InChI=1S/C10H17N3O2/c1-10(2,3)13(7-8(14)15)9-11-5-6-12(9)4/h5-6H,7H2,1-4H3,(H,14,15). The molecule has 0 saturated heterocycles. The summed E-state index contributed by atoms with van der Waals surface area (Å²) in [4.78, 5) is 16.7. The van der Waals surface area contributed by atoms with Crippen LogP contribution in [-0.4, -0.2) is 32.7 Å². The van der Waals surface area contributed by atoms with E-state index in [2.05, 4.69) is 4.98 Å². The first-order valence-corrected chi connectivity index (χ1v) is 4.79. The second-order valence-corrected chi connectivity index (χ2v) is 4.49. The van der Waals surface area contributed by atoms with Gasteiger partial charge in [-0.15, -0.1) is 0 Å². The number of aromatic nitrogens is 2. The summed E-state index contributed by atoms with van der Waals surface area (Å²) in [7, 11) is 1.85. The van der Waals surface area contributed by atoms with Crippen molar-refractivity contribution in [3.63, 3.8) is 0 Å². The van der Waals surface area contributed by atoms with Gasteiger partial charge < -0.3 is 14.6 Å². The Labute approximate surface area is 89.3 Å². The van der Waals surface area contributed by atoms with Crippen molar-refractivity contribution in [1.29, 1.82) is 0 Å². The van der Waals surface area contributed by atoms with Gasteiger partial charge in [-0.25, -0.2) is 4.98 Å². The van der Waals surface area contributed by atoms with Crippen LogP contribution in [0.4, 0.5) is 5.95 Å². The van der Waals surface area contributed by atoms with Crippen LogP contribution in [0.2, 0.25) is 0 Å². The summed E-state index contributed by atoms with van der Waals surface area (Å²) in [5.74, 6) is -0.183. The van der Waals surface area contributed by atoms with Crippen molar-refractivity contribution in [2.45, 2.75) is 26.3 Å². The number of rotatable bonds is 3. The van der Waals surface area contributed by atoms with Crippen molar-refractivity contribution in [3.8, 4) is 0 Å². The summed E-state index contributed by atoms with van der Waals surface area (Å²) in [5, 5.41) is 8.86. The second kappa shape index (κ2) is 3.92. The molecule has 0 unspecified atom stereocenters. The SMILES string of the molecule is Cn1ccnc1N(CC(=O)O)C(C)(C)C. The van der Waals surface area contributed by atoms with Crippen molar-refractivity contribution in [1.82, 2.24) is 9.55 Å². The number of carbonyl (C=O) groups is 1. The number of aliphatic carboxylic acids is 1. The average molecular weight is 211 g/mol. The molecule has 0 saturated carbocycles. The number of aryl methyl sites for hydroxylation is 1. The van der Waals surface area contributed by atoms with Gasteiger partial charge in [0.15, 0.2) is 0 Å². The highest BCUT2D eigenvalue weighted by molar-refractivity contribution is 5.73. The molecule has 84 valence electrons. The van der Waals surface area contributed by atoms with Crippen molar-refractivity contribution >= 4 is 11.9 Å². The molecular formula is C10H17N3O2. The largest absolute Gasteiger partial charge is 0.480 e. The highest BCUT2D eigenvalue weighted by Crippen LogP contribution is 2.20. The lowest BCUT2D eigenvalue weighted by Crippen LogP contribution is -2.46. The third-order valence-corrected chi connectivity index (χ3v) is 2.14. The zero-order chi connectivity index (χ0) is 11.6. The summed E-state index contributed by atoms with van der Waals surface area (Å²) in [6.07, 6.45) is 3.46. The van der Waals surface area contributed by atoms with Crippen molar-refractivity contribution < 1.29 is 9.90 Å². The summed E-state index contributed by atoms with van der Waals surface area (Å²) in [5.41, 5.74) is -0.266. The normalized spacial score (nSPS) is 11.5. The number of nitrogens with zero attached hydrogens (tertiary/aromatic N) is 3. The summed E-state index contributed by atoms with van der Waals surface area (Å²) < 4.78 is 1.81. The third kappa shape index (κ3) is 2.71. The monoisotopic (exact) mass is 211 g/mol. The minimum absolute atomic E-state index is 0.0473. The van der Waals surface area contributed by atoms with Crippen LogP contribution in [0.3, 0.4) is 0 Å². The Morgan fingerprint density at radius 2 is 2.20 bits per heavy atom. The van der Waals surface area contributed by atoms with Gasteiger partial charge in [0.05, 0.1) is 0 Å². The molecule has 0 aliphatic heterocycles. The van der Waals surface area contributed by atoms with E-state index in [1.54, 1.807) is 17.3 Å². The van der Waals surface area contributed by atoms with E-state index in [0.717, 1.165) is 0 Å². The number of carboxylic acids is 1. The Bertz CT molecular complexity index is 352. The van der Waals surface area contributed by atoms with E-state index in [1.165, 1.54) is 0 Å². The Morgan fingerprint density at radius 3 is 2.53 bits per heavy atom. The molecule has 1 aromatic heterocycles. The molecule has 5 nitrogen and oxygen atoms in total. The van der Waals surface area contributed by atoms with Crippen molar-refractivity contribution in [2.24, 2.45) is 7.05 Å². The molecule has 1 N–H and O–H groups in total. The quantitative estimate of drug-likeness (QED) is 0.813. The lowest BCUT2D eigenvalue weighted by atomic mass is 10.1. The Kier molecular flexibility index (Phi) is 3.02. The van der Waals surface area contributed by atoms with Crippen LogP contribution in [0.25, 0.3) is 0 Å². The van der Waals surface area contributed by atoms with Gasteiger partial charge in [0, 0.05) is 25.0 Å². The molecule has 5 heteroatoms. The summed E-state index contributed by atoms with van der Waals surface area (Å²) >= 11 is 0. The summed E-state index contributed by atoms with van der Waals surface area (Å²) in [6.45, 7) is 5.84. The summed E-state index contributed by atoms with van der Waals surface area (Å²) in [6, 6.07) is 0. The van der Waals surface area contributed by atoms with E-state index in [0.29, 0.717) is 5.95 Å². The van der Waals surface area contributed by atoms with Crippen LogP contribution in [0.5, 0.6) is 0 Å². The molecular weight excluding hydrogens is 194 g/mol. The van der Waals surface area contributed by atoms with Gasteiger partial charge in [0.2, 0.25) is 5.95 Å². The average Bonchev–Trinajstić information content (AvgIpc) is 2.45. The minimum atomic E-state index is -0.854. The number of carboxylic acid groups (broad SMARTS) is 1. The van der Waals surface area contributed by atoms with Crippen LogP contribution in [0, 0.1) is 0 Å². The maximum absolute atomic E-state index is 10.8. The molecule has 0 atom stereocenters. The van der Waals surface area contributed by atoms with Crippen LogP contribution in [0.1, 0.15) is 20.8 Å². The molecule has 1 aromatic rings. The first-order chi connectivity index (χ1) is 6.82. The molecule has 0 radical (unpaired) electrons. The Morgan fingerprint density at radius 1 is 1.60 bits per heavy atom. The second-order valence-electron chi connectivity index (χ2n) is 4.49. The zero-order valence-electron chi connectivity index (χ0n) is 9.56. The first kappa shape index (κ1) is 11.6. The van der Waals surface area contributed by atoms with Gasteiger partial charge in [-0.05, 0) is 20.8 Å². The van der Waals surface area contributed by atoms with Gasteiger partial charge in [-0.3, -0.25) is 4.79 Å². The van der Waals surface area contributed by atoms with Gasteiger partial charge in [-0.1, -0.05) is 0 Å². The molecule has 0 bridgehead atoms. The maximum atomic E-state index is 10.8. The molecule has 0 spiro atoms. The van der Waals surface area contributed by atoms with Crippen LogP contribution < -0.4 is 4.90 Å². The lowest BCUT2D eigenvalue weighted by molar-refractivity contribution is -0.135. The highest BCUT2D eigenvalue weighted by atomic mass is 16.4. The predicted molar refractivity (Wildman–Crippen MR) is 57.9 cm³/mol. The van der Waals surface area contributed by atoms with Crippen LogP contribution in [0.15, 0.2) is 12.4 Å². The topological polar surface area (TPSA) is 58.4 Å². The lowest BCUT2D eigenvalue weighted by Gasteiger charge is -2.35. The molecule has 15 heavy (non-hydrogen) atoms. The fraction of sp³-hybridized carbons (Fsp3) is 0.600. The third-order valence-electron chi connectivity index (χ3n) is 2.14. The molecule has 0 aromatic carbocycles. The van der Waals surface area contributed by atoms with E-state index in [1.807, 2.05) is 32.4 Å². The van der Waals surface area contributed by atoms with Crippen LogP contribution >= 0.6 is 0 Å². The highest BCUT2D eigenvalue weighted by Gasteiger charge is 2.26. The molecule has 0 aliphatic carbocycles. The number of imidazole rings is 1. The smallest absolute Gasteiger partial charge is 0.323 e. The zero-order valence-corrected chi connectivity index (χ0v) is 9.56. The van der Waals surface area contributed by atoms with Gasteiger partial charge >= 0.3 is 5.97 Å². The Balaban J connectivity index is 3.02. The van der Waals surface area contributed by atoms with E-state index in [-0.39, 0.29) is 12.1 Å². The van der Waals surface area contributed by atoms with E-state index in [4.69, 9.17) is 5.11 Å². The Hall–Kier alpha value is -1.52. The molecule has 0 amide bonds. The number of hydrogen-bond donors (Lipinski definition) is 1. The van der Waals surface area contributed by atoms with E-state index < -0.39 is 5.97 Å². The minimum Gasteiger partial charge on any atom is -0.480 e. The molecule has 0 fully saturated rings. The maximum Gasteiger partial charge on any atom is 0.323 e. The van der Waals surface area contributed by atoms with Crippen molar-refractivity contribution in [2.75, 3.05) is 11.4 Å². The van der Waals surface area contributed by atoms with Gasteiger partial charge in [-0.2, -0.15) is 0 Å².